The molecule has 0 aromatic rings. The molecule has 0 N–H and O–H groups in total. The summed E-state index contributed by atoms with van der Waals surface area (Å²) in [7, 11) is 0. The molecule has 4 atom stereocenters. The molecular formula is C14H22Cl2O3. The maximum Gasteiger partial charge on any atom is 0.342 e. The zero-order valence-electron chi connectivity index (χ0n) is 11.7. The second-order valence-corrected chi connectivity index (χ2v) is 7.95. The van der Waals surface area contributed by atoms with Crippen molar-refractivity contribution in [2.75, 3.05) is 6.61 Å². The molecule has 5 heteroatoms. The van der Waals surface area contributed by atoms with Crippen molar-refractivity contribution in [2.45, 2.75) is 62.5 Å². The van der Waals surface area contributed by atoms with Gasteiger partial charge in [-0.15, -0.1) is 0 Å². The normalized spacial score (nSPS) is 35.4. The summed E-state index contributed by atoms with van der Waals surface area (Å²) in [4.78, 5) is 11.4. The first-order chi connectivity index (χ1) is 8.72. The van der Waals surface area contributed by atoms with Crippen LogP contribution in [0.25, 0.3) is 0 Å². The maximum atomic E-state index is 11.4. The van der Waals surface area contributed by atoms with Crippen LogP contribution in [0, 0.1) is 11.8 Å². The van der Waals surface area contributed by atoms with Gasteiger partial charge < -0.3 is 9.47 Å². The molecule has 4 unspecified atom stereocenters. The third-order valence-electron chi connectivity index (χ3n) is 4.53. The van der Waals surface area contributed by atoms with Crippen LogP contribution in [0.5, 0.6) is 0 Å². The van der Waals surface area contributed by atoms with E-state index in [1.165, 1.54) is 13.3 Å². The quantitative estimate of drug-likeness (QED) is 0.441. The summed E-state index contributed by atoms with van der Waals surface area (Å²) in [5.74, 6) is 0.626. The lowest BCUT2D eigenvalue weighted by Gasteiger charge is -2.28. The number of hydrogen-bond acceptors (Lipinski definition) is 3. The maximum absolute atomic E-state index is 11.4. The number of alkyl halides is 2. The molecule has 2 fully saturated rings. The molecule has 2 aliphatic rings. The van der Waals surface area contributed by atoms with Crippen molar-refractivity contribution in [2.24, 2.45) is 11.8 Å². The Balaban J connectivity index is 1.68. The van der Waals surface area contributed by atoms with Crippen molar-refractivity contribution in [3.63, 3.8) is 0 Å². The smallest absolute Gasteiger partial charge is 0.342 e. The summed E-state index contributed by atoms with van der Waals surface area (Å²) in [5, 5.41) is 0. The van der Waals surface area contributed by atoms with Crippen molar-refractivity contribution in [3.8, 4) is 0 Å². The second kappa shape index (κ2) is 5.42. The first-order valence-corrected chi connectivity index (χ1v) is 7.71. The fraction of sp³-hybridized carbons (Fsp3) is 0.929. The van der Waals surface area contributed by atoms with Crippen LogP contribution in [0.4, 0.5) is 0 Å². The minimum absolute atomic E-state index is 0.168. The van der Waals surface area contributed by atoms with Gasteiger partial charge >= 0.3 is 5.97 Å². The van der Waals surface area contributed by atoms with Crippen molar-refractivity contribution in [3.05, 3.63) is 0 Å². The van der Waals surface area contributed by atoms with E-state index in [4.69, 9.17) is 32.7 Å². The first-order valence-electron chi connectivity index (χ1n) is 6.95. The molecule has 0 radical (unpaired) electrons. The van der Waals surface area contributed by atoms with Gasteiger partial charge in [0.25, 0.3) is 0 Å². The Hall–Kier alpha value is 0.01000. The van der Waals surface area contributed by atoms with Gasteiger partial charge in [0.05, 0.1) is 18.3 Å². The van der Waals surface area contributed by atoms with Crippen molar-refractivity contribution in [1.29, 1.82) is 0 Å². The summed E-state index contributed by atoms with van der Waals surface area (Å²) >= 11 is 11.3. The Morgan fingerprint density at radius 2 is 2.26 bits per heavy atom. The second-order valence-electron chi connectivity index (χ2n) is 6.24. The van der Waals surface area contributed by atoms with E-state index in [0.29, 0.717) is 24.5 Å². The Bertz CT molecular complexity index is 353. The lowest BCUT2D eigenvalue weighted by atomic mass is 9.76. The molecule has 0 aromatic heterocycles. The van der Waals surface area contributed by atoms with E-state index in [-0.39, 0.29) is 5.60 Å². The van der Waals surface area contributed by atoms with Gasteiger partial charge in [0.2, 0.25) is 4.33 Å². The number of rotatable bonds is 5. The molecule has 1 aliphatic carbocycles. The highest BCUT2D eigenvalue weighted by Crippen LogP contribution is 2.51. The summed E-state index contributed by atoms with van der Waals surface area (Å²) in [6.45, 7) is 6.22. The van der Waals surface area contributed by atoms with Gasteiger partial charge in [-0.05, 0) is 51.4 Å². The van der Waals surface area contributed by atoms with Crippen LogP contribution in [0.1, 0.15) is 46.5 Å². The molecule has 3 nitrogen and oxygen atoms in total. The van der Waals surface area contributed by atoms with Crippen LogP contribution in [0.2, 0.25) is 0 Å². The van der Waals surface area contributed by atoms with Crippen LogP contribution >= 0.6 is 23.2 Å². The highest BCUT2D eigenvalue weighted by Gasteiger charge is 2.55. The van der Waals surface area contributed by atoms with E-state index in [2.05, 4.69) is 13.8 Å². The number of carbonyl (C=O) groups is 1. The van der Waals surface area contributed by atoms with Crippen molar-refractivity contribution < 1.29 is 14.3 Å². The molecule has 0 aromatic carbocycles. The third kappa shape index (κ3) is 3.77. The molecule has 1 aliphatic heterocycles. The number of hydrogen-bond donors (Lipinski definition) is 0. The van der Waals surface area contributed by atoms with Crippen molar-refractivity contribution in [1.82, 2.24) is 0 Å². The van der Waals surface area contributed by atoms with Crippen LogP contribution in [0.3, 0.4) is 0 Å². The van der Waals surface area contributed by atoms with Crippen molar-refractivity contribution >= 4 is 29.2 Å². The van der Waals surface area contributed by atoms with E-state index >= 15 is 0 Å². The number of carbonyl (C=O) groups excluding carboxylic acids is 1. The van der Waals surface area contributed by atoms with Gasteiger partial charge in [-0.1, -0.05) is 30.1 Å². The summed E-state index contributed by atoms with van der Waals surface area (Å²) < 4.78 is 9.36. The van der Waals surface area contributed by atoms with Gasteiger partial charge in [0.15, 0.2) is 0 Å². The fourth-order valence-corrected chi connectivity index (χ4v) is 3.00. The molecule has 0 bridgehead atoms. The number of ether oxygens (including phenoxy) is 2. The van der Waals surface area contributed by atoms with E-state index < -0.39 is 10.3 Å². The zero-order chi connectivity index (χ0) is 14.3. The standard InChI is InChI=1S/C14H22Cl2O3/c1-9(5-7-18-12(17)14(3,15)16)10-4-6-13(2)11(8-10)19-13/h9-11H,4-8H2,1-3H3. The minimum Gasteiger partial charge on any atom is -0.463 e. The third-order valence-corrected chi connectivity index (χ3v) is 4.84. The monoisotopic (exact) mass is 308 g/mol. The Morgan fingerprint density at radius 1 is 1.58 bits per heavy atom. The average molecular weight is 309 g/mol. The fourth-order valence-electron chi connectivity index (χ4n) is 2.89. The van der Waals surface area contributed by atoms with E-state index in [1.807, 2.05) is 0 Å². The van der Waals surface area contributed by atoms with Crippen LogP contribution < -0.4 is 0 Å². The van der Waals surface area contributed by atoms with Gasteiger partial charge in [-0.25, -0.2) is 4.79 Å². The summed E-state index contributed by atoms with van der Waals surface area (Å²) in [6.07, 6.45) is 4.78. The topological polar surface area (TPSA) is 38.8 Å². The molecule has 0 amide bonds. The largest absolute Gasteiger partial charge is 0.463 e. The predicted molar refractivity (Wildman–Crippen MR) is 75.5 cm³/mol. The van der Waals surface area contributed by atoms with Crippen LogP contribution in [-0.4, -0.2) is 28.6 Å². The Kier molecular flexibility index (Phi) is 4.39. The SMILES string of the molecule is CC(CCOC(=O)C(C)(Cl)Cl)C1CCC2(C)OC2C1. The number of halogens is 2. The van der Waals surface area contributed by atoms with Crippen LogP contribution in [-0.2, 0) is 14.3 Å². The highest BCUT2D eigenvalue weighted by atomic mass is 35.5. The van der Waals surface area contributed by atoms with E-state index in [0.717, 1.165) is 19.3 Å². The Morgan fingerprint density at radius 3 is 2.84 bits per heavy atom. The average Bonchev–Trinajstić information content (AvgIpc) is 2.97. The summed E-state index contributed by atoms with van der Waals surface area (Å²) in [6, 6.07) is 0. The Labute approximate surface area is 124 Å². The predicted octanol–water partition coefficient (Wildman–Crippen LogP) is 3.71. The van der Waals surface area contributed by atoms with Gasteiger partial charge in [-0.2, -0.15) is 0 Å². The van der Waals surface area contributed by atoms with Gasteiger partial charge in [-0.3, -0.25) is 0 Å². The van der Waals surface area contributed by atoms with Gasteiger partial charge in [0, 0.05) is 0 Å². The van der Waals surface area contributed by atoms with E-state index in [9.17, 15) is 4.79 Å². The molecule has 1 saturated carbocycles. The molecular weight excluding hydrogens is 287 g/mol. The summed E-state index contributed by atoms with van der Waals surface area (Å²) in [5.41, 5.74) is 0.168. The highest BCUT2D eigenvalue weighted by molar-refractivity contribution is 6.57. The minimum atomic E-state index is -1.45. The molecule has 110 valence electrons. The van der Waals surface area contributed by atoms with Gasteiger partial charge in [0.1, 0.15) is 0 Å². The lowest BCUT2D eigenvalue weighted by molar-refractivity contribution is -0.144. The zero-order valence-corrected chi connectivity index (χ0v) is 13.3. The molecule has 1 heterocycles. The van der Waals surface area contributed by atoms with E-state index in [1.54, 1.807) is 0 Å². The lowest BCUT2D eigenvalue weighted by Crippen LogP contribution is -2.28. The van der Waals surface area contributed by atoms with Crippen LogP contribution in [0.15, 0.2) is 0 Å². The number of epoxide rings is 1. The molecule has 0 spiro atoms. The molecule has 1 saturated heterocycles. The molecule has 19 heavy (non-hydrogen) atoms. The molecule has 2 rings (SSSR count). The first kappa shape index (κ1) is 15.4. The number of fused-ring (bicyclic) bond motifs is 1. The number of esters is 1.